The second kappa shape index (κ2) is 6.54. The molecule has 0 amide bonds. The Morgan fingerprint density at radius 1 is 1.09 bits per heavy atom. The van der Waals surface area contributed by atoms with Gasteiger partial charge in [-0.1, -0.05) is 6.07 Å². The van der Waals surface area contributed by atoms with Crippen LogP contribution in [-0.4, -0.2) is 6.04 Å². The number of hydrogen-bond donors (Lipinski definition) is 1. The third kappa shape index (κ3) is 4.41. The summed E-state index contributed by atoms with van der Waals surface area (Å²) in [6.07, 6.45) is -4.68. The van der Waals surface area contributed by atoms with Gasteiger partial charge in [0.15, 0.2) is 0 Å². The Kier molecular flexibility index (Phi) is 4.89. The van der Waals surface area contributed by atoms with Crippen LogP contribution < -0.4 is 10.5 Å². The van der Waals surface area contributed by atoms with E-state index in [9.17, 15) is 22.0 Å². The van der Waals surface area contributed by atoms with Crippen molar-refractivity contribution >= 4 is 0 Å². The van der Waals surface area contributed by atoms with Gasteiger partial charge in [0.05, 0.1) is 5.56 Å². The summed E-state index contributed by atoms with van der Waals surface area (Å²) >= 11 is 0. The Morgan fingerprint density at radius 3 is 2.22 bits per heavy atom. The fourth-order valence-electron chi connectivity index (χ4n) is 2.17. The van der Waals surface area contributed by atoms with Crippen LogP contribution in [0.4, 0.5) is 22.0 Å². The second-order valence-corrected chi connectivity index (χ2v) is 5.17. The van der Waals surface area contributed by atoms with Gasteiger partial charge in [-0.3, -0.25) is 0 Å². The highest BCUT2D eigenvalue weighted by molar-refractivity contribution is 5.45. The van der Waals surface area contributed by atoms with Crippen molar-refractivity contribution in [3.05, 3.63) is 59.2 Å². The predicted molar refractivity (Wildman–Crippen MR) is 75.2 cm³/mol. The Morgan fingerprint density at radius 2 is 1.70 bits per heavy atom. The normalized spacial score (nSPS) is 13.0. The molecule has 0 saturated heterocycles. The molecule has 0 radical (unpaired) electrons. The minimum atomic E-state index is -4.59. The zero-order valence-corrected chi connectivity index (χ0v) is 12.1. The average molecular weight is 331 g/mol. The lowest BCUT2D eigenvalue weighted by molar-refractivity contribution is -0.138. The van der Waals surface area contributed by atoms with Gasteiger partial charge in [0.2, 0.25) is 0 Å². The zero-order valence-electron chi connectivity index (χ0n) is 12.1. The van der Waals surface area contributed by atoms with Gasteiger partial charge >= 0.3 is 6.18 Å². The molecule has 0 aliphatic rings. The Labute approximate surface area is 129 Å². The lowest BCUT2D eigenvalue weighted by atomic mass is 9.99. The molecule has 2 aromatic rings. The summed E-state index contributed by atoms with van der Waals surface area (Å²) in [5.74, 6) is -2.14. The molecule has 7 heteroatoms. The van der Waals surface area contributed by atoms with E-state index >= 15 is 0 Å². The topological polar surface area (TPSA) is 35.2 Å². The van der Waals surface area contributed by atoms with Crippen molar-refractivity contribution < 1.29 is 26.7 Å². The first kappa shape index (κ1) is 17.2. The van der Waals surface area contributed by atoms with Gasteiger partial charge in [-0.15, -0.1) is 0 Å². The van der Waals surface area contributed by atoms with Crippen LogP contribution in [0.15, 0.2) is 36.4 Å². The number of hydrogen-bond acceptors (Lipinski definition) is 2. The summed E-state index contributed by atoms with van der Waals surface area (Å²) in [4.78, 5) is 0. The smallest absolute Gasteiger partial charge is 0.416 e. The van der Waals surface area contributed by atoms with Gasteiger partial charge in [-0.25, -0.2) is 8.78 Å². The highest BCUT2D eigenvalue weighted by atomic mass is 19.4. The number of ether oxygens (including phenoxy) is 1. The van der Waals surface area contributed by atoms with Crippen LogP contribution in [0, 0.1) is 11.6 Å². The highest BCUT2D eigenvalue weighted by Crippen LogP contribution is 2.38. The van der Waals surface area contributed by atoms with Crippen molar-refractivity contribution in [2.24, 2.45) is 5.73 Å². The first-order valence-corrected chi connectivity index (χ1v) is 6.75. The van der Waals surface area contributed by atoms with Crippen molar-refractivity contribution in [3.63, 3.8) is 0 Å². The zero-order chi connectivity index (χ0) is 17.2. The third-order valence-electron chi connectivity index (χ3n) is 3.03. The van der Waals surface area contributed by atoms with Crippen molar-refractivity contribution in [2.75, 3.05) is 0 Å². The Bertz CT molecular complexity index is 677. The van der Waals surface area contributed by atoms with Crippen LogP contribution in [-0.2, 0) is 12.6 Å². The summed E-state index contributed by atoms with van der Waals surface area (Å²) in [5, 5.41) is 0. The molecular weight excluding hydrogens is 317 g/mol. The molecule has 2 N–H and O–H groups in total. The summed E-state index contributed by atoms with van der Waals surface area (Å²) in [7, 11) is 0. The fourth-order valence-corrected chi connectivity index (χ4v) is 2.17. The van der Waals surface area contributed by atoms with Crippen molar-refractivity contribution in [1.29, 1.82) is 0 Å². The maximum absolute atomic E-state index is 13.2. The largest absolute Gasteiger partial charge is 0.457 e. The molecule has 0 aliphatic heterocycles. The van der Waals surface area contributed by atoms with Crippen LogP contribution in [0.5, 0.6) is 11.5 Å². The van der Waals surface area contributed by atoms with Gasteiger partial charge < -0.3 is 10.5 Å². The molecule has 0 fully saturated rings. The van der Waals surface area contributed by atoms with Crippen molar-refractivity contribution in [2.45, 2.75) is 25.6 Å². The summed E-state index contributed by atoms with van der Waals surface area (Å²) < 4.78 is 71.0. The number of alkyl halides is 3. The number of halogens is 5. The van der Waals surface area contributed by atoms with E-state index in [1.807, 2.05) is 0 Å². The molecule has 0 aliphatic carbocycles. The van der Waals surface area contributed by atoms with Gasteiger partial charge in [0, 0.05) is 29.8 Å². The standard InChI is InChI=1S/C16H14F5NO/c1-9(22)5-13-14(16(19,20)21)3-2-4-15(13)23-12-7-10(17)6-11(18)8-12/h2-4,6-9H,5,22H2,1H3. The van der Waals surface area contributed by atoms with E-state index in [4.69, 9.17) is 10.5 Å². The van der Waals surface area contributed by atoms with E-state index < -0.39 is 29.4 Å². The minimum absolute atomic E-state index is 0.0944. The third-order valence-corrected chi connectivity index (χ3v) is 3.03. The van der Waals surface area contributed by atoms with E-state index in [-0.39, 0.29) is 23.5 Å². The lowest BCUT2D eigenvalue weighted by Gasteiger charge is -2.18. The molecule has 0 spiro atoms. The molecular formula is C16H14F5NO. The molecule has 1 unspecified atom stereocenters. The molecule has 124 valence electrons. The van der Waals surface area contributed by atoms with Crippen molar-refractivity contribution in [3.8, 4) is 11.5 Å². The molecule has 0 bridgehead atoms. The maximum Gasteiger partial charge on any atom is 0.416 e. The maximum atomic E-state index is 13.2. The van der Waals surface area contributed by atoms with Gasteiger partial charge in [-0.2, -0.15) is 13.2 Å². The number of benzene rings is 2. The summed E-state index contributed by atoms with van der Waals surface area (Å²) in [6, 6.07) is 5.25. The molecule has 0 saturated carbocycles. The van der Waals surface area contributed by atoms with E-state index in [1.165, 1.54) is 12.1 Å². The number of nitrogens with two attached hydrogens (primary N) is 1. The van der Waals surface area contributed by atoms with E-state index in [2.05, 4.69) is 0 Å². The van der Waals surface area contributed by atoms with Crippen LogP contribution in [0.25, 0.3) is 0 Å². The van der Waals surface area contributed by atoms with Crippen LogP contribution in [0.2, 0.25) is 0 Å². The predicted octanol–water partition coefficient (Wildman–Crippen LogP) is 4.67. The van der Waals surface area contributed by atoms with Crippen LogP contribution in [0.3, 0.4) is 0 Å². The molecule has 23 heavy (non-hydrogen) atoms. The summed E-state index contributed by atoms with van der Waals surface area (Å²) in [6.45, 7) is 1.55. The second-order valence-electron chi connectivity index (χ2n) is 5.17. The Hall–Kier alpha value is -2.15. The summed E-state index contributed by atoms with van der Waals surface area (Å²) in [5.41, 5.74) is 4.57. The van der Waals surface area contributed by atoms with Crippen LogP contribution in [0.1, 0.15) is 18.1 Å². The number of rotatable bonds is 4. The highest BCUT2D eigenvalue weighted by Gasteiger charge is 2.34. The molecule has 0 heterocycles. The van der Waals surface area contributed by atoms with E-state index in [0.717, 1.165) is 18.2 Å². The average Bonchev–Trinajstić information content (AvgIpc) is 2.37. The van der Waals surface area contributed by atoms with E-state index in [0.29, 0.717) is 6.07 Å². The SMILES string of the molecule is CC(N)Cc1c(Oc2cc(F)cc(F)c2)cccc1C(F)(F)F. The van der Waals surface area contributed by atoms with Gasteiger partial charge in [-0.05, 0) is 25.5 Å². The Balaban J connectivity index is 2.48. The molecule has 2 aromatic carbocycles. The minimum Gasteiger partial charge on any atom is -0.457 e. The fraction of sp³-hybridized carbons (Fsp3) is 0.250. The molecule has 1 atom stereocenters. The molecule has 0 aromatic heterocycles. The first-order chi connectivity index (χ1) is 10.7. The van der Waals surface area contributed by atoms with Gasteiger partial charge in [0.25, 0.3) is 0 Å². The molecule has 2 nitrogen and oxygen atoms in total. The lowest BCUT2D eigenvalue weighted by Crippen LogP contribution is -2.21. The first-order valence-electron chi connectivity index (χ1n) is 6.75. The van der Waals surface area contributed by atoms with Crippen LogP contribution >= 0.6 is 0 Å². The van der Waals surface area contributed by atoms with E-state index in [1.54, 1.807) is 6.92 Å². The quantitative estimate of drug-likeness (QED) is 0.827. The van der Waals surface area contributed by atoms with Crippen molar-refractivity contribution in [1.82, 2.24) is 0 Å². The van der Waals surface area contributed by atoms with Gasteiger partial charge in [0.1, 0.15) is 23.1 Å². The monoisotopic (exact) mass is 331 g/mol. The molecule has 2 rings (SSSR count).